The number of rotatable bonds is 0. The van der Waals surface area contributed by atoms with Crippen LogP contribution in [0.4, 0.5) is 0 Å². The van der Waals surface area contributed by atoms with Gasteiger partial charge in [-0.25, -0.2) is 9.50 Å². The number of halogens is 1. The fraction of sp³-hybridized carbons (Fsp3) is 0.125. The SMILES string of the molecule is Cc1cn2nc(Cl)cc(C#N)c2n1. The van der Waals surface area contributed by atoms with Crippen molar-refractivity contribution in [3.8, 4) is 6.07 Å². The lowest BCUT2D eigenvalue weighted by atomic mass is 10.3. The van der Waals surface area contributed by atoms with E-state index < -0.39 is 0 Å². The van der Waals surface area contributed by atoms with Gasteiger partial charge in [0, 0.05) is 0 Å². The van der Waals surface area contributed by atoms with Crippen LogP contribution in [0.25, 0.3) is 5.65 Å². The Kier molecular flexibility index (Phi) is 1.67. The number of imidazole rings is 1. The summed E-state index contributed by atoms with van der Waals surface area (Å²) in [6.07, 6.45) is 1.72. The summed E-state index contributed by atoms with van der Waals surface area (Å²) in [6.45, 7) is 1.84. The lowest BCUT2D eigenvalue weighted by Crippen LogP contribution is -1.93. The van der Waals surface area contributed by atoms with E-state index in [0.29, 0.717) is 16.4 Å². The van der Waals surface area contributed by atoms with Gasteiger partial charge in [-0.1, -0.05) is 11.6 Å². The predicted molar refractivity (Wildman–Crippen MR) is 47.4 cm³/mol. The molecule has 0 saturated heterocycles. The van der Waals surface area contributed by atoms with Crippen molar-refractivity contribution in [1.29, 1.82) is 5.26 Å². The molecule has 0 aromatic carbocycles. The summed E-state index contributed by atoms with van der Waals surface area (Å²) < 4.78 is 1.51. The molecule has 0 amide bonds. The molecule has 0 spiro atoms. The summed E-state index contributed by atoms with van der Waals surface area (Å²) in [6, 6.07) is 3.52. The Bertz CT molecular complexity index is 509. The zero-order valence-corrected chi connectivity index (χ0v) is 7.58. The Morgan fingerprint density at radius 1 is 1.62 bits per heavy atom. The quantitative estimate of drug-likeness (QED) is 0.637. The van der Waals surface area contributed by atoms with Crippen LogP contribution < -0.4 is 0 Å². The van der Waals surface area contributed by atoms with Gasteiger partial charge in [0.05, 0.1) is 17.5 Å². The van der Waals surface area contributed by atoms with Crippen LogP contribution in [0.1, 0.15) is 11.3 Å². The summed E-state index contributed by atoms with van der Waals surface area (Å²) in [4.78, 5) is 4.14. The van der Waals surface area contributed by atoms with Crippen molar-refractivity contribution in [2.75, 3.05) is 0 Å². The first-order chi connectivity index (χ1) is 6.20. The molecule has 4 nitrogen and oxygen atoms in total. The second-order valence-corrected chi connectivity index (χ2v) is 3.03. The number of hydrogen-bond donors (Lipinski definition) is 0. The largest absolute Gasteiger partial charge is 0.231 e. The molecule has 5 heteroatoms. The second kappa shape index (κ2) is 2.71. The van der Waals surface area contributed by atoms with Gasteiger partial charge in [-0.15, -0.1) is 0 Å². The minimum absolute atomic E-state index is 0.293. The zero-order valence-electron chi connectivity index (χ0n) is 6.82. The van der Waals surface area contributed by atoms with Gasteiger partial charge in [-0.05, 0) is 13.0 Å². The molecule has 2 heterocycles. The summed E-state index contributed by atoms with van der Waals surface area (Å²) in [5.74, 6) is 0. The number of nitrogens with zero attached hydrogens (tertiary/aromatic N) is 4. The van der Waals surface area contributed by atoms with E-state index in [-0.39, 0.29) is 0 Å². The maximum Gasteiger partial charge on any atom is 0.171 e. The van der Waals surface area contributed by atoms with Crippen LogP contribution in [0.5, 0.6) is 0 Å². The molecular formula is C8H5ClN4. The highest BCUT2D eigenvalue weighted by atomic mass is 35.5. The van der Waals surface area contributed by atoms with Crippen LogP contribution in [0, 0.1) is 18.3 Å². The molecule has 0 aliphatic rings. The summed E-state index contributed by atoms with van der Waals surface area (Å²) in [7, 11) is 0. The van der Waals surface area contributed by atoms with Gasteiger partial charge < -0.3 is 0 Å². The van der Waals surface area contributed by atoms with Gasteiger partial charge in [0.1, 0.15) is 6.07 Å². The third kappa shape index (κ3) is 1.23. The first-order valence-electron chi connectivity index (χ1n) is 3.63. The molecule has 2 aromatic heterocycles. The van der Waals surface area contributed by atoms with E-state index in [1.165, 1.54) is 10.6 Å². The van der Waals surface area contributed by atoms with Crippen LogP contribution >= 0.6 is 11.6 Å². The zero-order chi connectivity index (χ0) is 9.42. The maximum absolute atomic E-state index is 8.78. The van der Waals surface area contributed by atoms with Crippen LogP contribution in [-0.4, -0.2) is 14.6 Å². The molecule has 0 aliphatic heterocycles. The Balaban J connectivity index is 2.90. The number of aryl methyl sites for hydroxylation is 1. The smallest absolute Gasteiger partial charge is 0.171 e. The van der Waals surface area contributed by atoms with Crippen molar-refractivity contribution >= 4 is 17.2 Å². The third-order valence-corrected chi connectivity index (χ3v) is 1.82. The Labute approximate surface area is 79.4 Å². The molecule has 0 N–H and O–H groups in total. The molecule has 2 aromatic rings. The van der Waals surface area contributed by atoms with Gasteiger partial charge in [0.15, 0.2) is 10.8 Å². The molecule has 0 bridgehead atoms. The van der Waals surface area contributed by atoms with E-state index in [1.807, 2.05) is 13.0 Å². The first-order valence-corrected chi connectivity index (χ1v) is 4.01. The Morgan fingerprint density at radius 3 is 3.08 bits per heavy atom. The topological polar surface area (TPSA) is 54.0 Å². The molecule has 0 saturated carbocycles. The lowest BCUT2D eigenvalue weighted by Gasteiger charge is -1.94. The third-order valence-electron chi connectivity index (χ3n) is 1.64. The molecule has 0 unspecified atom stereocenters. The fourth-order valence-electron chi connectivity index (χ4n) is 1.14. The van der Waals surface area contributed by atoms with Crippen LogP contribution in [0.3, 0.4) is 0 Å². The monoisotopic (exact) mass is 192 g/mol. The highest BCUT2D eigenvalue weighted by Crippen LogP contribution is 2.13. The number of hydrogen-bond acceptors (Lipinski definition) is 3. The number of aromatic nitrogens is 3. The summed E-state index contributed by atoms with van der Waals surface area (Å²) in [5, 5.41) is 13.0. The van der Waals surface area contributed by atoms with Crippen molar-refractivity contribution in [3.05, 3.63) is 28.7 Å². The average Bonchev–Trinajstić information content (AvgIpc) is 2.43. The lowest BCUT2D eigenvalue weighted by molar-refractivity contribution is 0.932. The fourth-order valence-corrected chi connectivity index (χ4v) is 1.33. The van der Waals surface area contributed by atoms with Crippen molar-refractivity contribution in [2.24, 2.45) is 0 Å². The van der Waals surface area contributed by atoms with Gasteiger partial charge >= 0.3 is 0 Å². The molecule has 2 rings (SSSR count). The molecule has 0 radical (unpaired) electrons. The van der Waals surface area contributed by atoms with Gasteiger partial charge in [0.2, 0.25) is 0 Å². The normalized spacial score (nSPS) is 10.2. The van der Waals surface area contributed by atoms with Crippen LogP contribution in [0.2, 0.25) is 5.15 Å². The van der Waals surface area contributed by atoms with E-state index in [1.54, 1.807) is 6.20 Å². The number of nitriles is 1. The second-order valence-electron chi connectivity index (χ2n) is 2.64. The molecular weight excluding hydrogens is 188 g/mol. The standard InChI is InChI=1S/C8H5ClN4/c1-5-4-13-8(11-5)6(3-10)2-7(9)12-13/h2,4H,1H3. The number of fused-ring (bicyclic) bond motifs is 1. The van der Waals surface area contributed by atoms with Crippen LogP contribution in [-0.2, 0) is 0 Å². The summed E-state index contributed by atoms with van der Waals surface area (Å²) >= 11 is 5.70. The molecule has 64 valence electrons. The highest BCUT2D eigenvalue weighted by molar-refractivity contribution is 6.29. The van der Waals surface area contributed by atoms with Gasteiger partial charge in [-0.2, -0.15) is 10.4 Å². The van der Waals surface area contributed by atoms with E-state index in [2.05, 4.69) is 10.1 Å². The van der Waals surface area contributed by atoms with Crippen molar-refractivity contribution in [1.82, 2.24) is 14.6 Å². The van der Waals surface area contributed by atoms with E-state index in [4.69, 9.17) is 16.9 Å². The molecule has 0 fully saturated rings. The Morgan fingerprint density at radius 2 is 2.38 bits per heavy atom. The minimum atomic E-state index is 0.293. The van der Waals surface area contributed by atoms with E-state index >= 15 is 0 Å². The highest BCUT2D eigenvalue weighted by Gasteiger charge is 2.06. The van der Waals surface area contributed by atoms with E-state index in [0.717, 1.165) is 5.69 Å². The average molecular weight is 193 g/mol. The minimum Gasteiger partial charge on any atom is -0.231 e. The van der Waals surface area contributed by atoms with Gasteiger partial charge in [-0.3, -0.25) is 0 Å². The van der Waals surface area contributed by atoms with Gasteiger partial charge in [0.25, 0.3) is 0 Å². The van der Waals surface area contributed by atoms with Crippen molar-refractivity contribution in [2.45, 2.75) is 6.92 Å². The Hall–Kier alpha value is -1.60. The summed E-state index contributed by atoms with van der Waals surface area (Å²) in [5.41, 5.74) is 1.80. The molecule has 0 atom stereocenters. The molecule has 13 heavy (non-hydrogen) atoms. The maximum atomic E-state index is 8.78. The molecule has 0 aliphatic carbocycles. The first kappa shape index (κ1) is 8.02. The van der Waals surface area contributed by atoms with Crippen LogP contribution in [0.15, 0.2) is 12.3 Å². The van der Waals surface area contributed by atoms with E-state index in [9.17, 15) is 0 Å². The predicted octanol–water partition coefficient (Wildman–Crippen LogP) is 1.56. The van der Waals surface area contributed by atoms with Crippen molar-refractivity contribution in [3.63, 3.8) is 0 Å². The van der Waals surface area contributed by atoms with Crippen molar-refractivity contribution < 1.29 is 0 Å².